The van der Waals surface area contributed by atoms with E-state index in [9.17, 15) is 4.79 Å². The van der Waals surface area contributed by atoms with Crippen molar-refractivity contribution in [2.45, 2.75) is 19.3 Å². The molecular formula is C12H20N4O. The standard InChI is InChI=1S/C12H20N4O/c1-16-7-11(15-8-16)12(17)14-6-10-4-2-3-9(10)5-13/h7-10H,2-6,13H2,1H3,(H,14,17). The van der Waals surface area contributed by atoms with E-state index in [1.54, 1.807) is 17.1 Å². The molecule has 2 rings (SSSR count). The van der Waals surface area contributed by atoms with Crippen LogP contribution in [0.4, 0.5) is 0 Å². The van der Waals surface area contributed by atoms with Gasteiger partial charge in [0.05, 0.1) is 6.33 Å². The van der Waals surface area contributed by atoms with Crippen LogP contribution in [-0.2, 0) is 7.05 Å². The van der Waals surface area contributed by atoms with Gasteiger partial charge >= 0.3 is 0 Å². The first-order valence-corrected chi connectivity index (χ1v) is 6.17. The molecule has 1 fully saturated rings. The molecule has 1 aromatic heterocycles. The Kier molecular flexibility index (Phi) is 3.78. The van der Waals surface area contributed by atoms with Crippen molar-refractivity contribution in [1.82, 2.24) is 14.9 Å². The second-order valence-electron chi connectivity index (χ2n) is 4.82. The molecule has 1 aliphatic rings. The van der Waals surface area contributed by atoms with E-state index in [1.807, 2.05) is 7.05 Å². The van der Waals surface area contributed by atoms with Crippen molar-refractivity contribution in [3.63, 3.8) is 0 Å². The van der Waals surface area contributed by atoms with E-state index in [0.717, 1.165) is 13.1 Å². The van der Waals surface area contributed by atoms with Gasteiger partial charge in [-0.1, -0.05) is 6.42 Å². The van der Waals surface area contributed by atoms with Gasteiger partial charge in [0.2, 0.25) is 0 Å². The van der Waals surface area contributed by atoms with Gasteiger partial charge in [-0.05, 0) is 31.2 Å². The summed E-state index contributed by atoms with van der Waals surface area (Å²) in [5.74, 6) is 1.01. The molecule has 17 heavy (non-hydrogen) atoms. The fourth-order valence-electron chi connectivity index (χ4n) is 2.54. The molecule has 0 radical (unpaired) electrons. The summed E-state index contributed by atoms with van der Waals surface area (Å²) < 4.78 is 1.77. The summed E-state index contributed by atoms with van der Waals surface area (Å²) in [6.45, 7) is 1.45. The van der Waals surface area contributed by atoms with Crippen molar-refractivity contribution in [3.05, 3.63) is 18.2 Å². The molecular weight excluding hydrogens is 216 g/mol. The van der Waals surface area contributed by atoms with E-state index < -0.39 is 0 Å². The Morgan fingerprint density at radius 1 is 1.59 bits per heavy atom. The largest absolute Gasteiger partial charge is 0.350 e. The highest BCUT2D eigenvalue weighted by Gasteiger charge is 2.26. The molecule has 0 saturated heterocycles. The average molecular weight is 236 g/mol. The lowest BCUT2D eigenvalue weighted by Gasteiger charge is -2.17. The lowest BCUT2D eigenvalue weighted by Crippen LogP contribution is -2.33. The van der Waals surface area contributed by atoms with E-state index in [-0.39, 0.29) is 5.91 Å². The molecule has 0 spiro atoms. The minimum atomic E-state index is -0.0896. The Hall–Kier alpha value is -1.36. The smallest absolute Gasteiger partial charge is 0.271 e. The highest BCUT2D eigenvalue weighted by molar-refractivity contribution is 5.91. The minimum Gasteiger partial charge on any atom is -0.350 e. The van der Waals surface area contributed by atoms with Crippen molar-refractivity contribution < 1.29 is 4.79 Å². The number of carbonyl (C=O) groups is 1. The average Bonchev–Trinajstić information content (AvgIpc) is 2.94. The summed E-state index contributed by atoms with van der Waals surface area (Å²) in [5.41, 5.74) is 6.20. The molecule has 1 saturated carbocycles. The number of aryl methyl sites for hydroxylation is 1. The van der Waals surface area contributed by atoms with Crippen LogP contribution in [0.2, 0.25) is 0 Å². The fraction of sp³-hybridized carbons (Fsp3) is 0.667. The molecule has 1 aliphatic carbocycles. The molecule has 94 valence electrons. The van der Waals surface area contributed by atoms with Gasteiger partial charge in [-0.25, -0.2) is 4.98 Å². The summed E-state index contributed by atoms with van der Waals surface area (Å²) in [6, 6.07) is 0. The van der Waals surface area contributed by atoms with Gasteiger partial charge < -0.3 is 15.6 Å². The molecule has 3 N–H and O–H groups in total. The molecule has 5 nitrogen and oxygen atoms in total. The number of hydrogen-bond acceptors (Lipinski definition) is 3. The topological polar surface area (TPSA) is 72.9 Å². The van der Waals surface area contributed by atoms with Gasteiger partial charge in [-0.15, -0.1) is 0 Å². The molecule has 0 bridgehead atoms. The monoisotopic (exact) mass is 236 g/mol. The normalized spacial score (nSPS) is 23.9. The zero-order valence-corrected chi connectivity index (χ0v) is 10.2. The lowest BCUT2D eigenvalue weighted by molar-refractivity contribution is 0.0939. The van der Waals surface area contributed by atoms with E-state index in [1.165, 1.54) is 19.3 Å². The number of nitrogens with two attached hydrogens (primary N) is 1. The van der Waals surface area contributed by atoms with Crippen LogP contribution in [0.5, 0.6) is 0 Å². The zero-order chi connectivity index (χ0) is 12.3. The predicted molar refractivity (Wildman–Crippen MR) is 65.4 cm³/mol. The number of hydrogen-bond donors (Lipinski definition) is 2. The summed E-state index contributed by atoms with van der Waals surface area (Å²) in [4.78, 5) is 15.8. The first-order valence-electron chi connectivity index (χ1n) is 6.17. The second kappa shape index (κ2) is 5.31. The molecule has 2 atom stereocenters. The predicted octanol–water partition coefficient (Wildman–Crippen LogP) is 0.525. The Morgan fingerprint density at radius 2 is 2.35 bits per heavy atom. The maximum atomic E-state index is 11.8. The molecule has 1 heterocycles. The van der Waals surface area contributed by atoms with Crippen LogP contribution in [0.25, 0.3) is 0 Å². The number of aromatic nitrogens is 2. The Labute approximate surface area is 101 Å². The van der Waals surface area contributed by atoms with Crippen molar-refractivity contribution in [2.75, 3.05) is 13.1 Å². The van der Waals surface area contributed by atoms with Crippen molar-refractivity contribution in [2.24, 2.45) is 24.6 Å². The molecule has 2 unspecified atom stereocenters. The van der Waals surface area contributed by atoms with Crippen LogP contribution in [0, 0.1) is 11.8 Å². The lowest BCUT2D eigenvalue weighted by atomic mass is 9.96. The molecule has 0 aromatic carbocycles. The van der Waals surface area contributed by atoms with Crippen LogP contribution in [0.3, 0.4) is 0 Å². The Bertz CT molecular complexity index is 388. The van der Waals surface area contributed by atoms with Crippen LogP contribution >= 0.6 is 0 Å². The number of imidazole rings is 1. The summed E-state index contributed by atoms with van der Waals surface area (Å²) in [5, 5.41) is 2.95. The van der Waals surface area contributed by atoms with Crippen LogP contribution in [-0.4, -0.2) is 28.5 Å². The first kappa shape index (κ1) is 12.1. The number of rotatable bonds is 4. The molecule has 5 heteroatoms. The van der Waals surface area contributed by atoms with Gasteiger partial charge in [-0.2, -0.15) is 0 Å². The maximum absolute atomic E-state index is 11.8. The second-order valence-corrected chi connectivity index (χ2v) is 4.82. The molecule has 0 aliphatic heterocycles. The Morgan fingerprint density at radius 3 is 3.00 bits per heavy atom. The quantitative estimate of drug-likeness (QED) is 0.800. The Balaban J connectivity index is 1.84. The fourth-order valence-corrected chi connectivity index (χ4v) is 2.54. The van der Waals surface area contributed by atoms with Crippen molar-refractivity contribution in [3.8, 4) is 0 Å². The first-order chi connectivity index (χ1) is 8.20. The minimum absolute atomic E-state index is 0.0896. The maximum Gasteiger partial charge on any atom is 0.271 e. The third kappa shape index (κ3) is 2.85. The number of nitrogens with one attached hydrogen (secondary N) is 1. The molecule has 1 amide bonds. The van der Waals surface area contributed by atoms with E-state index in [2.05, 4.69) is 10.3 Å². The van der Waals surface area contributed by atoms with E-state index in [0.29, 0.717) is 17.5 Å². The number of nitrogens with zero attached hydrogens (tertiary/aromatic N) is 2. The van der Waals surface area contributed by atoms with Crippen molar-refractivity contribution in [1.29, 1.82) is 0 Å². The van der Waals surface area contributed by atoms with Crippen LogP contribution < -0.4 is 11.1 Å². The van der Waals surface area contributed by atoms with Gasteiger partial charge in [0.1, 0.15) is 5.69 Å². The summed E-state index contributed by atoms with van der Waals surface area (Å²) >= 11 is 0. The van der Waals surface area contributed by atoms with Gasteiger partial charge in [0, 0.05) is 19.8 Å². The highest BCUT2D eigenvalue weighted by atomic mass is 16.1. The van der Waals surface area contributed by atoms with Crippen molar-refractivity contribution >= 4 is 5.91 Å². The number of carbonyl (C=O) groups excluding carboxylic acids is 1. The van der Waals surface area contributed by atoms with Gasteiger partial charge in [0.15, 0.2) is 0 Å². The summed E-state index contributed by atoms with van der Waals surface area (Å²) in [7, 11) is 1.85. The van der Waals surface area contributed by atoms with E-state index in [4.69, 9.17) is 5.73 Å². The van der Waals surface area contributed by atoms with Gasteiger partial charge in [0.25, 0.3) is 5.91 Å². The highest BCUT2D eigenvalue weighted by Crippen LogP contribution is 2.30. The van der Waals surface area contributed by atoms with Gasteiger partial charge in [-0.3, -0.25) is 4.79 Å². The third-order valence-corrected chi connectivity index (χ3v) is 3.58. The third-order valence-electron chi connectivity index (χ3n) is 3.58. The number of amides is 1. The molecule has 1 aromatic rings. The van der Waals surface area contributed by atoms with Crippen LogP contribution in [0.15, 0.2) is 12.5 Å². The summed E-state index contributed by atoms with van der Waals surface area (Å²) in [6.07, 6.45) is 6.95. The van der Waals surface area contributed by atoms with Crippen LogP contribution in [0.1, 0.15) is 29.8 Å². The SMILES string of the molecule is Cn1cnc(C(=O)NCC2CCCC2CN)c1. The van der Waals surface area contributed by atoms with E-state index >= 15 is 0 Å². The zero-order valence-electron chi connectivity index (χ0n) is 10.2.